The number of nitrogens with one attached hydrogen (secondary N) is 1. The zero-order valence-electron chi connectivity index (χ0n) is 17.6. The number of rotatable bonds is 15. The van der Waals surface area contributed by atoms with Gasteiger partial charge in [-0.1, -0.05) is 13.3 Å². The van der Waals surface area contributed by atoms with Crippen molar-refractivity contribution < 1.29 is 23.7 Å². The van der Waals surface area contributed by atoms with Crippen LogP contribution in [0.15, 0.2) is 48.5 Å². The number of unbranched alkanes of at least 4 members (excludes halogenated alkanes) is 1. The summed E-state index contributed by atoms with van der Waals surface area (Å²) in [6.45, 7) is 5.40. The monoisotopic (exact) mass is 416 g/mol. The lowest BCUT2D eigenvalue weighted by atomic mass is 10.2. The fourth-order valence-corrected chi connectivity index (χ4v) is 2.51. The van der Waals surface area contributed by atoms with Crippen molar-refractivity contribution in [2.24, 2.45) is 0 Å². The summed E-state index contributed by atoms with van der Waals surface area (Å²) >= 11 is 0. The van der Waals surface area contributed by atoms with Crippen LogP contribution in [-0.2, 0) is 14.2 Å². The van der Waals surface area contributed by atoms with E-state index in [1.165, 1.54) is 0 Å². The molecule has 7 nitrogen and oxygen atoms in total. The molecule has 0 unspecified atom stereocenters. The molecule has 2 aromatic rings. The maximum Gasteiger partial charge on any atom is 0.338 e. The van der Waals surface area contributed by atoms with Crippen LogP contribution in [0.3, 0.4) is 0 Å². The van der Waals surface area contributed by atoms with Gasteiger partial charge in [-0.15, -0.1) is 0 Å². The quantitative estimate of drug-likeness (QED) is 0.259. The molecule has 0 saturated carbocycles. The van der Waals surface area contributed by atoms with Crippen molar-refractivity contribution in [3.8, 4) is 5.75 Å². The van der Waals surface area contributed by atoms with Crippen molar-refractivity contribution in [2.45, 2.75) is 19.8 Å². The van der Waals surface area contributed by atoms with Gasteiger partial charge in [-0.3, -0.25) is 0 Å². The molecule has 0 heterocycles. The molecule has 7 heteroatoms. The number of ether oxygens (including phenoxy) is 4. The van der Waals surface area contributed by atoms with Crippen LogP contribution in [0.4, 0.5) is 11.4 Å². The first-order valence-corrected chi connectivity index (χ1v) is 10.3. The van der Waals surface area contributed by atoms with E-state index in [0.717, 1.165) is 30.8 Å². The molecular weight excluding hydrogens is 384 g/mol. The maximum absolute atomic E-state index is 12.0. The third kappa shape index (κ3) is 9.62. The molecule has 3 N–H and O–H groups in total. The number of nitrogen functional groups attached to an aromatic ring is 1. The van der Waals surface area contributed by atoms with Crippen LogP contribution in [0, 0.1) is 0 Å². The SMILES string of the molecule is CCCCNc1ccc(C(=O)OCCOCCOCCOc2ccc(N)cc2)cc1. The number of carbonyl (C=O) groups excluding carboxylic acids is 1. The Balaban J connectivity index is 1.45. The van der Waals surface area contributed by atoms with E-state index in [9.17, 15) is 4.79 Å². The zero-order chi connectivity index (χ0) is 21.4. The van der Waals surface area contributed by atoms with Gasteiger partial charge in [0.05, 0.1) is 32.0 Å². The molecule has 0 aliphatic carbocycles. The summed E-state index contributed by atoms with van der Waals surface area (Å²) in [5.41, 5.74) is 7.85. The number of anilines is 2. The molecule has 0 saturated heterocycles. The summed E-state index contributed by atoms with van der Waals surface area (Å²) < 4.78 is 21.6. The van der Waals surface area contributed by atoms with Gasteiger partial charge in [0.2, 0.25) is 0 Å². The van der Waals surface area contributed by atoms with Crippen LogP contribution in [0.2, 0.25) is 0 Å². The lowest BCUT2D eigenvalue weighted by molar-refractivity contribution is 0.0106. The van der Waals surface area contributed by atoms with Gasteiger partial charge in [-0.2, -0.15) is 0 Å². The number of hydrogen-bond acceptors (Lipinski definition) is 7. The predicted octanol–water partition coefficient (Wildman–Crippen LogP) is 3.75. The molecule has 164 valence electrons. The van der Waals surface area contributed by atoms with E-state index in [-0.39, 0.29) is 12.6 Å². The number of nitrogens with two attached hydrogens (primary N) is 1. The van der Waals surface area contributed by atoms with Crippen LogP contribution in [0.1, 0.15) is 30.1 Å². The highest BCUT2D eigenvalue weighted by Gasteiger charge is 2.06. The first-order valence-electron chi connectivity index (χ1n) is 10.3. The van der Waals surface area contributed by atoms with E-state index in [2.05, 4.69) is 12.2 Å². The second-order valence-electron chi connectivity index (χ2n) is 6.64. The van der Waals surface area contributed by atoms with Crippen LogP contribution >= 0.6 is 0 Å². The van der Waals surface area contributed by atoms with Crippen molar-refractivity contribution in [2.75, 3.05) is 57.2 Å². The number of esters is 1. The predicted molar refractivity (Wildman–Crippen MR) is 118 cm³/mol. The van der Waals surface area contributed by atoms with Crippen LogP contribution in [0.5, 0.6) is 5.75 Å². The van der Waals surface area contributed by atoms with E-state index >= 15 is 0 Å². The molecular formula is C23H32N2O5. The Kier molecular flexibility index (Phi) is 11.2. The number of carbonyl (C=O) groups is 1. The Morgan fingerprint density at radius 3 is 2.17 bits per heavy atom. The van der Waals surface area contributed by atoms with Gasteiger partial charge in [-0.05, 0) is 55.0 Å². The molecule has 2 aromatic carbocycles. The van der Waals surface area contributed by atoms with Crippen molar-refractivity contribution in [1.82, 2.24) is 0 Å². The molecule has 0 fully saturated rings. The van der Waals surface area contributed by atoms with Crippen molar-refractivity contribution in [3.05, 3.63) is 54.1 Å². The molecule has 0 aliphatic rings. The van der Waals surface area contributed by atoms with Gasteiger partial charge in [0, 0.05) is 17.9 Å². The first-order chi connectivity index (χ1) is 14.7. The summed E-state index contributed by atoms with van der Waals surface area (Å²) in [7, 11) is 0. The normalized spacial score (nSPS) is 10.6. The van der Waals surface area contributed by atoms with Crippen molar-refractivity contribution >= 4 is 17.3 Å². The Labute approximate surface area is 178 Å². The number of hydrogen-bond donors (Lipinski definition) is 2. The summed E-state index contributed by atoms with van der Waals surface area (Å²) in [4.78, 5) is 12.0. The van der Waals surface area contributed by atoms with Crippen LogP contribution in [0.25, 0.3) is 0 Å². The second kappa shape index (κ2) is 14.3. The smallest absolute Gasteiger partial charge is 0.338 e. The maximum atomic E-state index is 12.0. The van der Waals surface area contributed by atoms with E-state index in [0.29, 0.717) is 44.3 Å². The Morgan fingerprint density at radius 2 is 1.50 bits per heavy atom. The van der Waals surface area contributed by atoms with Crippen LogP contribution in [-0.4, -0.2) is 52.2 Å². The minimum Gasteiger partial charge on any atom is -0.491 e. The lowest BCUT2D eigenvalue weighted by Gasteiger charge is -2.09. The van der Waals surface area contributed by atoms with Crippen LogP contribution < -0.4 is 15.8 Å². The van der Waals surface area contributed by atoms with Gasteiger partial charge >= 0.3 is 5.97 Å². The average Bonchev–Trinajstić information content (AvgIpc) is 2.77. The van der Waals surface area contributed by atoms with Gasteiger partial charge < -0.3 is 30.0 Å². The van der Waals surface area contributed by atoms with Gasteiger partial charge in [-0.25, -0.2) is 4.79 Å². The van der Waals surface area contributed by atoms with E-state index in [4.69, 9.17) is 24.7 Å². The van der Waals surface area contributed by atoms with E-state index < -0.39 is 0 Å². The highest BCUT2D eigenvalue weighted by atomic mass is 16.6. The molecule has 0 spiro atoms. The molecule has 0 amide bonds. The minimum atomic E-state index is -0.352. The first kappa shape index (κ1) is 23.5. The fourth-order valence-electron chi connectivity index (χ4n) is 2.51. The third-order valence-electron chi connectivity index (χ3n) is 4.19. The molecule has 0 radical (unpaired) electrons. The molecule has 0 aromatic heterocycles. The van der Waals surface area contributed by atoms with Gasteiger partial charge in [0.1, 0.15) is 19.0 Å². The van der Waals surface area contributed by atoms with Crippen molar-refractivity contribution in [1.29, 1.82) is 0 Å². The highest BCUT2D eigenvalue weighted by Crippen LogP contribution is 2.13. The third-order valence-corrected chi connectivity index (χ3v) is 4.19. The van der Waals surface area contributed by atoms with E-state index in [1.807, 2.05) is 24.3 Å². The Morgan fingerprint density at radius 1 is 0.867 bits per heavy atom. The summed E-state index contributed by atoms with van der Waals surface area (Å²) in [5, 5.41) is 3.31. The molecule has 2 rings (SSSR count). The summed E-state index contributed by atoms with van der Waals surface area (Å²) in [6, 6.07) is 14.5. The zero-order valence-corrected chi connectivity index (χ0v) is 17.6. The number of benzene rings is 2. The fraction of sp³-hybridized carbons (Fsp3) is 0.435. The highest BCUT2D eigenvalue weighted by molar-refractivity contribution is 5.89. The Bertz CT molecular complexity index is 719. The molecule has 0 atom stereocenters. The van der Waals surface area contributed by atoms with E-state index in [1.54, 1.807) is 24.3 Å². The standard InChI is InChI=1S/C23H32N2O5/c1-2-3-12-25-21-8-4-19(5-9-21)23(26)30-18-16-28-14-13-27-15-17-29-22-10-6-20(24)7-11-22/h4-11,25H,2-3,12-18,24H2,1H3. The largest absolute Gasteiger partial charge is 0.491 e. The minimum absolute atomic E-state index is 0.204. The lowest BCUT2D eigenvalue weighted by Crippen LogP contribution is -2.14. The topological polar surface area (TPSA) is 92.0 Å². The second-order valence-corrected chi connectivity index (χ2v) is 6.64. The Hall–Kier alpha value is -2.77. The average molecular weight is 417 g/mol. The van der Waals surface area contributed by atoms with Crippen molar-refractivity contribution in [3.63, 3.8) is 0 Å². The molecule has 0 bridgehead atoms. The van der Waals surface area contributed by atoms with Gasteiger partial charge in [0.15, 0.2) is 0 Å². The van der Waals surface area contributed by atoms with Gasteiger partial charge in [0.25, 0.3) is 0 Å². The molecule has 30 heavy (non-hydrogen) atoms. The molecule has 0 aliphatic heterocycles. The summed E-state index contributed by atoms with van der Waals surface area (Å²) in [5.74, 6) is 0.406. The summed E-state index contributed by atoms with van der Waals surface area (Å²) in [6.07, 6.45) is 2.26.